The Kier molecular flexibility index (Phi) is 3.16. The number of nitrogen functional groups attached to an aromatic ring is 1. The van der Waals surface area contributed by atoms with Crippen LogP contribution in [-0.4, -0.2) is 0 Å². The highest BCUT2D eigenvalue weighted by Gasteiger charge is 2.07. The van der Waals surface area contributed by atoms with Crippen molar-refractivity contribution in [2.45, 2.75) is 6.92 Å². The summed E-state index contributed by atoms with van der Waals surface area (Å²) in [6.07, 6.45) is 0. The highest BCUT2D eigenvalue weighted by molar-refractivity contribution is 5.63. The number of hydrogen-bond acceptors (Lipinski definition) is 3. The fourth-order valence-corrected chi connectivity index (χ4v) is 1.54. The van der Waals surface area contributed by atoms with E-state index in [1.54, 1.807) is 31.2 Å². The van der Waals surface area contributed by atoms with E-state index in [0.29, 0.717) is 22.6 Å². The van der Waals surface area contributed by atoms with Gasteiger partial charge in [-0.3, -0.25) is 0 Å². The normalized spacial score (nSPS) is 9.83. The van der Waals surface area contributed by atoms with Crippen LogP contribution in [0, 0.1) is 24.1 Å². The molecule has 0 aliphatic rings. The molecule has 0 radical (unpaired) electrons. The molecule has 0 bridgehead atoms. The number of benzene rings is 2. The van der Waals surface area contributed by atoms with Gasteiger partial charge >= 0.3 is 0 Å². The third-order valence-electron chi connectivity index (χ3n) is 2.54. The van der Waals surface area contributed by atoms with Crippen LogP contribution in [0.25, 0.3) is 0 Å². The molecule has 0 aromatic heterocycles. The number of ether oxygens (including phenoxy) is 1. The van der Waals surface area contributed by atoms with E-state index in [9.17, 15) is 4.39 Å². The first kappa shape index (κ1) is 11.9. The van der Waals surface area contributed by atoms with E-state index < -0.39 is 0 Å². The van der Waals surface area contributed by atoms with Crippen LogP contribution in [0.5, 0.6) is 11.5 Å². The first-order valence-electron chi connectivity index (χ1n) is 5.34. The van der Waals surface area contributed by atoms with Gasteiger partial charge in [0.15, 0.2) is 5.75 Å². The van der Waals surface area contributed by atoms with Crippen LogP contribution in [0.2, 0.25) is 0 Å². The zero-order valence-corrected chi connectivity index (χ0v) is 9.77. The number of para-hydroxylation sites is 1. The molecule has 18 heavy (non-hydrogen) atoms. The fraction of sp³-hybridized carbons (Fsp3) is 0.0714. The number of rotatable bonds is 2. The number of nitrogens with zero attached hydrogens (tertiary/aromatic N) is 1. The van der Waals surface area contributed by atoms with Gasteiger partial charge in [0.2, 0.25) is 0 Å². The Bertz CT molecular complexity index is 632. The summed E-state index contributed by atoms with van der Waals surface area (Å²) in [6, 6.07) is 11.3. The predicted octanol–water partition coefficient (Wildman–Crippen LogP) is 3.38. The molecule has 2 aromatic carbocycles. The molecule has 0 spiro atoms. The van der Waals surface area contributed by atoms with Crippen LogP contribution >= 0.6 is 0 Å². The maximum Gasteiger partial charge on any atom is 0.151 e. The Balaban J connectivity index is 2.35. The third-order valence-corrected chi connectivity index (χ3v) is 2.54. The van der Waals surface area contributed by atoms with Gasteiger partial charge in [0, 0.05) is 0 Å². The minimum atomic E-state index is -0.291. The molecular weight excluding hydrogens is 231 g/mol. The fourth-order valence-electron chi connectivity index (χ4n) is 1.54. The lowest BCUT2D eigenvalue weighted by Gasteiger charge is -2.09. The summed E-state index contributed by atoms with van der Waals surface area (Å²) >= 11 is 0. The second kappa shape index (κ2) is 4.76. The molecular formula is C14H11FN2O. The van der Waals surface area contributed by atoms with E-state index in [0.717, 1.165) is 0 Å². The van der Waals surface area contributed by atoms with Crippen LogP contribution in [0.15, 0.2) is 36.4 Å². The number of anilines is 1. The van der Waals surface area contributed by atoms with Gasteiger partial charge in [0.05, 0.1) is 11.3 Å². The minimum Gasteiger partial charge on any atom is -0.455 e. The summed E-state index contributed by atoms with van der Waals surface area (Å²) in [7, 11) is 0. The average Bonchev–Trinajstić information content (AvgIpc) is 2.36. The highest BCUT2D eigenvalue weighted by Crippen LogP contribution is 2.30. The molecule has 2 rings (SSSR count). The summed E-state index contributed by atoms with van der Waals surface area (Å²) in [5.74, 6) is 0.580. The lowest BCUT2D eigenvalue weighted by molar-refractivity contribution is 0.482. The van der Waals surface area contributed by atoms with Crippen molar-refractivity contribution in [3.63, 3.8) is 0 Å². The van der Waals surface area contributed by atoms with Crippen molar-refractivity contribution in [2.24, 2.45) is 0 Å². The summed E-state index contributed by atoms with van der Waals surface area (Å²) in [5, 5.41) is 8.85. The van der Waals surface area contributed by atoms with Gasteiger partial charge in [-0.05, 0) is 42.8 Å². The molecule has 90 valence electrons. The molecule has 2 aromatic rings. The van der Waals surface area contributed by atoms with E-state index in [-0.39, 0.29) is 11.5 Å². The van der Waals surface area contributed by atoms with Crippen LogP contribution in [0.1, 0.15) is 11.1 Å². The number of nitrogens with two attached hydrogens (primary N) is 1. The minimum absolute atomic E-state index is 0.280. The number of halogens is 1. The maximum atomic E-state index is 13.1. The Morgan fingerprint density at radius 3 is 2.72 bits per heavy atom. The standard InChI is InChI=1S/C14H11FN2O/c1-9-7-11(5-6-12(9)15)18-13-4-2-3-10(8-16)14(13)17/h2-7H,17H2,1H3. The Morgan fingerprint density at radius 1 is 1.28 bits per heavy atom. The van der Waals surface area contributed by atoms with Crippen molar-refractivity contribution in [2.75, 3.05) is 5.73 Å². The summed E-state index contributed by atoms with van der Waals surface area (Å²) in [6.45, 7) is 1.65. The van der Waals surface area contributed by atoms with E-state index in [1.165, 1.54) is 12.1 Å². The van der Waals surface area contributed by atoms with Crippen LogP contribution in [-0.2, 0) is 0 Å². The van der Waals surface area contributed by atoms with Crippen molar-refractivity contribution in [3.8, 4) is 17.6 Å². The summed E-state index contributed by atoms with van der Waals surface area (Å²) in [4.78, 5) is 0. The van der Waals surface area contributed by atoms with Crippen molar-refractivity contribution < 1.29 is 9.13 Å². The van der Waals surface area contributed by atoms with Gasteiger partial charge in [-0.25, -0.2) is 4.39 Å². The van der Waals surface area contributed by atoms with Crippen LogP contribution in [0.3, 0.4) is 0 Å². The lowest BCUT2D eigenvalue weighted by atomic mass is 10.2. The molecule has 0 aliphatic heterocycles. The molecule has 0 heterocycles. The lowest BCUT2D eigenvalue weighted by Crippen LogP contribution is -1.95. The second-order valence-electron chi connectivity index (χ2n) is 3.84. The van der Waals surface area contributed by atoms with E-state index in [1.807, 2.05) is 6.07 Å². The molecule has 0 atom stereocenters. The maximum absolute atomic E-state index is 13.1. The zero-order chi connectivity index (χ0) is 13.1. The van der Waals surface area contributed by atoms with Crippen molar-refractivity contribution >= 4 is 5.69 Å². The number of hydrogen-bond donors (Lipinski definition) is 1. The van der Waals surface area contributed by atoms with Crippen LogP contribution < -0.4 is 10.5 Å². The first-order chi connectivity index (χ1) is 8.61. The molecule has 0 fully saturated rings. The predicted molar refractivity (Wildman–Crippen MR) is 66.8 cm³/mol. The van der Waals surface area contributed by atoms with E-state index in [2.05, 4.69) is 0 Å². The second-order valence-corrected chi connectivity index (χ2v) is 3.84. The SMILES string of the molecule is Cc1cc(Oc2cccc(C#N)c2N)ccc1F. The van der Waals surface area contributed by atoms with Gasteiger partial charge in [-0.15, -0.1) is 0 Å². The summed E-state index contributed by atoms with van der Waals surface area (Å²) in [5.41, 5.74) is 6.91. The Morgan fingerprint density at radius 2 is 2.06 bits per heavy atom. The molecule has 3 nitrogen and oxygen atoms in total. The third kappa shape index (κ3) is 2.25. The number of nitriles is 1. The molecule has 2 N–H and O–H groups in total. The average molecular weight is 242 g/mol. The van der Waals surface area contributed by atoms with Gasteiger partial charge in [0.25, 0.3) is 0 Å². The topological polar surface area (TPSA) is 59.0 Å². The Labute approximate surface area is 104 Å². The first-order valence-corrected chi connectivity index (χ1v) is 5.34. The smallest absolute Gasteiger partial charge is 0.151 e. The monoisotopic (exact) mass is 242 g/mol. The highest BCUT2D eigenvalue weighted by atomic mass is 19.1. The molecule has 0 aliphatic carbocycles. The molecule has 0 saturated heterocycles. The van der Waals surface area contributed by atoms with Crippen molar-refractivity contribution in [1.82, 2.24) is 0 Å². The molecule has 0 unspecified atom stereocenters. The molecule has 4 heteroatoms. The quantitative estimate of drug-likeness (QED) is 0.821. The summed E-state index contributed by atoms with van der Waals surface area (Å²) < 4.78 is 18.7. The van der Waals surface area contributed by atoms with Gasteiger partial charge < -0.3 is 10.5 Å². The molecule has 0 amide bonds. The van der Waals surface area contributed by atoms with Gasteiger partial charge in [0.1, 0.15) is 17.6 Å². The Hall–Kier alpha value is -2.54. The van der Waals surface area contributed by atoms with Gasteiger partial charge in [-0.2, -0.15) is 5.26 Å². The largest absolute Gasteiger partial charge is 0.455 e. The number of aryl methyl sites for hydroxylation is 1. The van der Waals surface area contributed by atoms with Crippen LogP contribution in [0.4, 0.5) is 10.1 Å². The van der Waals surface area contributed by atoms with E-state index in [4.69, 9.17) is 15.7 Å². The van der Waals surface area contributed by atoms with Crippen molar-refractivity contribution in [3.05, 3.63) is 53.3 Å². The van der Waals surface area contributed by atoms with Gasteiger partial charge in [-0.1, -0.05) is 6.07 Å². The molecule has 0 saturated carbocycles. The van der Waals surface area contributed by atoms with E-state index >= 15 is 0 Å². The zero-order valence-electron chi connectivity index (χ0n) is 9.77. The van der Waals surface area contributed by atoms with Crippen molar-refractivity contribution in [1.29, 1.82) is 5.26 Å².